The molecule has 4 rings (SSSR count). The van der Waals surface area contributed by atoms with Gasteiger partial charge >= 0.3 is 5.63 Å². The molecular weight excluding hydrogens is 276 g/mol. The number of rotatable bonds is 1. The van der Waals surface area contributed by atoms with Crippen LogP contribution in [0, 0.1) is 0 Å². The van der Waals surface area contributed by atoms with Crippen molar-refractivity contribution in [3.63, 3.8) is 0 Å². The lowest BCUT2D eigenvalue weighted by atomic mass is 9.85. The van der Waals surface area contributed by atoms with E-state index in [0.29, 0.717) is 16.9 Å². The van der Waals surface area contributed by atoms with Gasteiger partial charge in [-0.05, 0) is 31.0 Å². The number of ether oxygens (including phenoxy) is 1. The summed E-state index contributed by atoms with van der Waals surface area (Å²) in [6.45, 7) is 2.04. The van der Waals surface area contributed by atoms with Crippen LogP contribution in [0.3, 0.4) is 0 Å². The molecule has 1 aromatic heterocycles. The first kappa shape index (κ1) is 13.1. The van der Waals surface area contributed by atoms with Crippen LogP contribution < -0.4 is 10.4 Å². The van der Waals surface area contributed by atoms with E-state index in [-0.39, 0.29) is 17.6 Å². The van der Waals surface area contributed by atoms with Gasteiger partial charge in [0.2, 0.25) is 0 Å². The van der Waals surface area contributed by atoms with E-state index in [9.17, 15) is 4.79 Å². The van der Waals surface area contributed by atoms with Gasteiger partial charge in [0, 0.05) is 5.92 Å². The quantitative estimate of drug-likeness (QED) is 0.634. The molecule has 22 heavy (non-hydrogen) atoms. The molecule has 3 nitrogen and oxygen atoms in total. The van der Waals surface area contributed by atoms with Crippen molar-refractivity contribution in [2.24, 2.45) is 0 Å². The van der Waals surface area contributed by atoms with Gasteiger partial charge in [-0.25, -0.2) is 4.79 Å². The first-order valence-corrected chi connectivity index (χ1v) is 7.51. The standard InChI is InChI=1S/C19H16O3/c1-12-11-15(13-7-3-2-4-8-13)17-18(21-12)14-9-5-6-10-16(14)22-19(17)20/h2-10,12,15H,11H2,1H3. The van der Waals surface area contributed by atoms with Crippen LogP contribution in [-0.2, 0) is 0 Å². The molecule has 0 N–H and O–H groups in total. The van der Waals surface area contributed by atoms with Crippen molar-refractivity contribution in [1.82, 2.24) is 0 Å². The van der Waals surface area contributed by atoms with Gasteiger partial charge in [-0.1, -0.05) is 42.5 Å². The molecule has 3 aromatic rings. The Morgan fingerprint density at radius 3 is 2.55 bits per heavy atom. The van der Waals surface area contributed by atoms with E-state index < -0.39 is 0 Å². The lowest BCUT2D eigenvalue weighted by Gasteiger charge is -2.30. The van der Waals surface area contributed by atoms with Crippen LogP contribution in [0.2, 0.25) is 0 Å². The molecule has 0 radical (unpaired) electrons. The van der Waals surface area contributed by atoms with Crippen LogP contribution in [0.5, 0.6) is 5.75 Å². The topological polar surface area (TPSA) is 39.4 Å². The maximum atomic E-state index is 12.5. The highest BCUT2D eigenvalue weighted by Crippen LogP contribution is 2.41. The van der Waals surface area contributed by atoms with Crippen LogP contribution in [0.15, 0.2) is 63.8 Å². The van der Waals surface area contributed by atoms with Crippen LogP contribution in [-0.4, -0.2) is 6.10 Å². The smallest absolute Gasteiger partial charge is 0.343 e. The van der Waals surface area contributed by atoms with E-state index >= 15 is 0 Å². The van der Waals surface area contributed by atoms with Gasteiger partial charge in [-0.3, -0.25) is 0 Å². The number of fused-ring (bicyclic) bond motifs is 3. The highest BCUT2D eigenvalue weighted by molar-refractivity contribution is 5.85. The molecule has 2 aromatic carbocycles. The maximum absolute atomic E-state index is 12.5. The molecule has 0 saturated carbocycles. The molecule has 0 bridgehead atoms. The molecule has 2 heterocycles. The van der Waals surface area contributed by atoms with E-state index in [1.807, 2.05) is 43.3 Å². The highest BCUT2D eigenvalue weighted by atomic mass is 16.5. The summed E-state index contributed by atoms with van der Waals surface area (Å²) < 4.78 is 11.5. The van der Waals surface area contributed by atoms with Crippen molar-refractivity contribution < 1.29 is 9.15 Å². The SMILES string of the molecule is CC1CC(c2ccccc2)c2c(c3ccccc3oc2=O)O1. The summed E-state index contributed by atoms with van der Waals surface area (Å²) >= 11 is 0. The molecule has 110 valence electrons. The molecule has 3 heteroatoms. The van der Waals surface area contributed by atoms with Gasteiger partial charge < -0.3 is 9.15 Å². The lowest BCUT2D eigenvalue weighted by molar-refractivity contribution is 0.182. The molecule has 2 atom stereocenters. The second-order valence-corrected chi connectivity index (χ2v) is 5.76. The summed E-state index contributed by atoms with van der Waals surface area (Å²) in [5, 5.41) is 0.865. The van der Waals surface area contributed by atoms with Crippen molar-refractivity contribution in [2.75, 3.05) is 0 Å². The molecule has 0 fully saturated rings. The first-order chi connectivity index (χ1) is 10.7. The van der Waals surface area contributed by atoms with E-state index in [0.717, 1.165) is 17.4 Å². The summed E-state index contributed by atoms with van der Waals surface area (Å²) in [6.07, 6.45) is 0.836. The number of hydrogen-bond acceptors (Lipinski definition) is 3. The Labute approximate surface area is 128 Å². The minimum absolute atomic E-state index is 0.0146. The first-order valence-electron chi connectivity index (χ1n) is 7.51. The van der Waals surface area contributed by atoms with Crippen molar-refractivity contribution in [3.8, 4) is 5.75 Å². The lowest BCUT2D eigenvalue weighted by Crippen LogP contribution is -2.28. The van der Waals surface area contributed by atoms with Crippen LogP contribution >= 0.6 is 0 Å². The molecule has 0 amide bonds. The van der Waals surface area contributed by atoms with Crippen molar-refractivity contribution in [3.05, 3.63) is 76.1 Å². The Kier molecular flexibility index (Phi) is 3.00. The Bertz CT molecular complexity index is 880. The predicted octanol–water partition coefficient (Wildman–Crippen LogP) is 4.10. The van der Waals surface area contributed by atoms with Gasteiger partial charge in [0.25, 0.3) is 0 Å². The van der Waals surface area contributed by atoms with E-state index in [2.05, 4.69) is 12.1 Å². The Hall–Kier alpha value is -2.55. The largest absolute Gasteiger partial charge is 0.489 e. The summed E-state index contributed by atoms with van der Waals surface area (Å²) in [5.74, 6) is 0.695. The minimum Gasteiger partial charge on any atom is -0.489 e. The van der Waals surface area contributed by atoms with Crippen LogP contribution in [0.4, 0.5) is 0 Å². The fourth-order valence-electron chi connectivity index (χ4n) is 3.25. The monoisotopic (exact) mass is 292 g/mol. The van der Waals surface area contributed by atoms with Gasteiger partial charge in [-0.15, -0.1) is 0 Å². The minimum atomic E-state index is -0.297. The summed E-state index contributed by atoms with van der Waals surface area (Å²) in [6, 6.07) is 17.6. The van der Waals surface area contributed by atoms with Gasteiger partial charge in [-0.2, -0.15) is 0 Å². The third kappa shape index (κ3) is 2.01. The van der Waals surface area contributed by atoms with E-state index in [1.54, 1.807) is 6.07 Å². The summed E-state index contributed by atoms with van der Waals surface area (Å²) in [4.78, 5) is 12.5. The number of benzene rings is 2. The van der Waals surface area contributed by atoms with E-state index in [4.69, 9.17) is 9.15 Å². The van der Waals surface area contributed by atoms with Gasteiger partial charge in [0.15, 0.2) is 0 Å². The molecule has 0 spiro atoms. The van der Waals surface area contributed by atoms with Gasteiger partial charge in [0.05, 0.1) is 17.1 Å². The highest BCUT2D eigenvalue weighted by Gasteiger charge is 2.32. The second-order valence-electron chi connectivity index (χ2n) is 5.76. The molecule has 0 saturated heterocycles. The Morgan fingerprint density at radius 2 is 1.73 bits per heavy atom. The molecule has 2 unspecified atom stereocenters. The Morgan fingerprint density at radius 1 is 1.00 bits per heavy atom. The van der Waals surface area contributed by atoms with Crippen molar-refractivity contribution in [1.29, 1.82) is 0 Å². The van der Waals surface area contributed by atoms with Crippen LogP contribution in [0.25, 0.3) is 11.0 Å². The molecule has 1 aliphatic rings. The average Bonchev–Trinajstić information content (AvgIpc) is 2.55. The van der Waals surface area contributed by atoms with Crippen molar-refractivity contribution >= 4 is 11.0 Å². The third-order valence-electron chi connectivity index (χ3n) is 4.24. The molecular formula is C19H16O3. The Balaban J connectivity index is 2.01. The zero-order valence-electron chi connectivity index (χ0n) is 12.3. The summed E-state index contributed by atoms with van der Waals surface area (Å²) in [7, 11) is 0. The number of hydrogen-bond donors (Lipinski definition) is 0. The molecule has 1 aliphatic heterocycles. The normalized spacial score (nSPS) is 20.4. The fraction of sp³-hybridized carbons (Fsp3) is 0.211. The third-order valence-corrected chi connectivity index (χ3v) is 4.24. The average molecular weight is 292 g/mol. The second kappa shape index (κ2) is 5.02. The summed E-state index contributed by atoms with van der Waals surface area (Å²) in [5.41, 5.74) is 2.05. The van der Waals surface area contributed by atoms with E-state index in [1.165, 1.54) is 0 Å². The van der Waals surface area contributed by atoms with Crippen LogP contribution in [0.1, 0.15) is 30.4 Å². The van der Waals surface area contributed by atoms with Crippen molar-refractivity contribution in [2.45, 2.75) is 25.4 Å². The fourth-order valence-corrected chi connectivity index (χ4v) is 3.25. The number of para-hydroxylation sites is 1. The zero-order chi connectivity index (χ0) is 15.1. The molecule has 0 aliphatic carbocycles. The maximum Gasteiger partial charge on any atom is 0.343 e. The zero-order valence-corrected chi connectivity index (χ0v) is 12.3. The predicted molar refractivity (Wildman–Crippen MR) is 85.5 cm³/mol. The van der Waals surface area contributed by atoms with Gasteiger partial charge in [0.1, 0.15) is 11.3 Å².